The number of ether oxygens (including phenoxy) is 1. The molecule has 23 heavy (non-hydrogen) atoms. The molecule has 0 N–H and O–H groups in total. The highest BCUT2D eigenvalue weighted by atomic mass is 35.5. The second-order valence-corrected chi connectivity index (χ2v) is 9.19. The minimum atomic E-state index is -3.74. The van der Waals surface area contributed by atoms with Gasteiger partial charge < -0.3 is 4.74 Å². The number of carbonyl (C=O) groups is 3. The fourth-order valence-corrected chi connectivity index (χ4v) is 5.08. The zero-order valence-electron chi connectivity index (χ0n) is 13.3. The van der Waals surface area contributed by atoms with Gasteiger partial charge in [0.15, 0.2) is 21.0 Å². The Bertz CT molecular complexity index is 718. The molecule has 1 fully saturated rings. The van der Waals surface area contributed by atoms with Crippen LogP contribution in [-0.4, -0.2) is 54.1 Å². The molecule has 0 aromatic rings. The van der Waals surface area contributed by atoms with E-state index in [1.807, 2.05) is 0 Å². The van der Waals surface area contributed by atoms with Crippen molar-refractivity contribution in [3.63, 3.8) is 0 Å². The number of rotatable bonds is 3. The lowest BCUT2D eigenvalue weighted by Crippen LogP contribution is -2.68. The molecule has 2 rings (SSSR count). The topological polar surface area (TPSA) is 97.8 Å². The molecule has 2 heterocycles. The number of ketones is 1. The van der Waals surface area contributed by atoms with Crippen molar-refractivity contribution in [2.75, 3.05) is 12.4 Å². The zero-order valence-corrected chi connectivity index (χ0v) is 14.8. The number of alkyl halides is 1. The van der Waals surface area contributed by atoms with Gasteiger partial charge in [0.2, 0.25) is 5.91 Å². The van der Waals surface area contributed by atoms with Gasteiger partial charge in [0.05, 0.1) is 11.4 Å². The first-order chi connectivity index (χ1) is 10.4. The molecule has 1 saturated heterocycles. The molecule has 2 atom stereocenters. The lowest BCUT2D eigenvalue weighted by Gasteiger charge is -2.48. The summed E-state index contributed by atoms with van der Waals surface area (Å²) in [5, 5.41) is -2.43. The number of allylic oxidation sites excluding steroid dienone is 1. The molecule has 9 heteroatoms. The van der Waals surface area contributed by atoms with Crippen molar-refractivity contribution in [3.8, 4) is 0 Å². The average Bonchev–Trinajstić information content (AvgIpc) is 2.40. The molecule has 2 aliphatic heterocycles. The Balaban J connectivity index is 2.56. The van der Waals surface area contributed by atoms with Crippen molar-refractivity contribution in [3.05, 3.63) is 11.3 Å². The lowest BCUT2D eigenvalue weighted by molar-refractivity contribution is -0.142. The monoisotopic (exact) mass is 363 g/mol. The van der Waals surface area contributed by atoms with Gasteiger partial charge in [-0.2, -0.15) is 0 Å². The molecule has 0 unspecified atom stereocenters. The van der Waals surface area contributed by atoms with Crippen LogP contribution in [0.2, 0.25) is 0 Å². The summed E-state index contributed by atoms with van der Waals surface area (Å²) in [4.78, 5) is 36.7. The van der Waals surface area contributed by atoms with E-state index in [4.69, 9.17) is 16.3 Å². The van der Waals surface area contributed by atoms with Crippen LogP contribution in [0.3, 0.4) is 0 Å². The maximum Gasteiger partial charge on any atom is 0.302 e. The Labute approximate surface area is 139 Å². The first kappa shape index (κ1) is 17.9. The second-order valence-electron chi connectivity index (χ2n) is 6.62. The van der Waals surface area contributed by atoms with E-state index >= 15 is 0 Å². The second kappa shape index (κ2) is 5.59. The van der Waals surface area contributed by atoms with Gasteiger partial charge in [0.1, 0.15) is 12.0 Å². The molecule has 0 aromatic carbocycles. The number of amides is 1. The molecule has 2 aliphatic rings. The van der Waals surface area contributed by atoms with Crippen LogP contribution in [0.4, 0.5) is 0 Å². The number of carbonyl (C=O) groups excluding carboxylic acids is 3. The van der Waals surface area contributed by atoms with Gasteiger partial charge in [-0.25, -0.2) is 8.42 Å². The molecule has 1 amide bonds. The van der Waals surface area contributed by atoms with Gasteiger partial charge >= 0.3 is 5.97 Å². The van der Waals surface area contributed by atoms with E-state index in [2.05, 4.69) is 0 Å². The molecule has 0 aliphatic carbocycles. The van der Waals surface area contributed by atoms with Crippen molar-refractivity contribution in [1.82, 2.24) is 4.90 Å². The van der Waals surface area contributed by atoms with Crippen molar-refractivity contribution in [2.45, 2.75) is 38.4 Å². The van der Waals surface area contributed by atoms with Crippen LogP contribution >= 0.6 is 11.6 Å². The number of hydrogen-bond donors (Lipinski definition) is 0. The Morgan fingerprint density at radius 1 is 1.35 bits per heavy atom. The molecule has 0 radical (unpaired) electrons. The summed E-state index contributed by atoms with van der Waals surface area (Å²) >= 11 is 5.83. The predicted octanol–water partition coefficient (Wildman–Crippen LogP) is 0.623. The molecule has 7 nitrogen and oxygen atoms in total. The minimum Gasteiger partial charge on any atom is -0.461 e. The summed E-state index contributed by atoms with van der Waals surface area (Å²) in [6.45, 7) is 5.80. The number of β-lactam (4-membered cyclic amide) rings is 1. The number of halogens is 1. The Kier molecular flexibility index (Phi) is 4.36. The van der Waals surface area contributed by atoms with E-state index in [0.717, 1.165) is 4.90 Å². The van der Waals surface area contributed by atoms with Gasteiger partial charge in [0, 0.05) is 17.9 Å². The molecular formula is C14H18ClNO6S. The highest BCUT2D eigenvalue weighted by molar-refractivity contribution is 7.92. The third kappa shape index (κ3) is 3.01. The summed E-state index contributed by atoms with van der Waals surface area (Å²) in [5.41, 5.74) is -0.742. The number of esters is 1. The first-order valence-corrected chi connectivity index (χ1v) is 9.12. The fraction of sp³-hybridized carbons (Fsp3) is 0.643. The van der Waals surface area contributed by atoms with E-state index in [1.54, 1.807) is 20.8 Å². The van der Waals surface area contributed by atoms with Crippen LogP contribution in [0.1, 0.15) is 27.7 Å². The number of Topliss-reactive ketones (excluding diaryl/α,β-unsaturated/α-hetero) is 1. The summed E-state index contributed by atoms with van der Waals surface area (Å²) < 4.78 is 29.5. The third-order valence-corrected chi connectivity index (χ3v) is 6.19. The van der Waals surface area contributed by atoms with Crippen molar-refractivity contribution < 1.29 is 27.5 Å². The number of nitrogens with zero attached hydrogens (tertiary/aromatic N) is 1. The Hall–Kier alpha value is -1.41. The largest absolute Gasteiger partial charge is 0.461 e. The molecular weight excluding hydrogens is 346 g/mol. The normalized spacial score (nSPS) is 26.5. The van der Waals surface area contributed by atoms with Gasteiger partial charge in [-0.1, -0.05) is 20.8 Å². The molecule has 128 valence electrons. The van der Waals surface area contributed by atoms with Gasteiger partial charge in [-0.05, 0) is 0 Å². The molecule has 0 bridgehead atoms. The number of fused-ring (bicyclic) bond motifs is 1. The van der Waals surface area contributed by atoms with Gasteiger partial charge in [0.25, 0.3) is 0 Å². The van der Waals surface area contributed by atoms with Gasteiger partial charge in [-0.3, -0.25) is 19.3 Å². The lowest BCUT2D eigenvalue weighted by atomic mass is 9.86. The zero-order chi connectivity index (χ0) is 17.7. The maximum absolute atomic E-state index is 12.7. The Morgan fingerprint density at radius 3 is 2.39 bits per heavy atom. The average molecular weight is 364 g/mol. The summed E-state index contributed by atoms with van der Waals surface area (Å²) in [6.07, 6.45) is 0. The highest BCUT2D eigenvalue weighted by Crippen LogP contribution is 2.41. The van der Waals surface area contributed by atoms with E-state index in [-0.39, 0.29) is 17.9 Å². The Morgan fingerprint density at radius 2 is 1.91 bits per heavy atom. The summed E-state index contributed by atoms with van der Waals surface area (Å²) in [7, 11) is -3.74. The van der Waals surface area contributed by atoms with Crippen molar-refractivity contribution in [1.29, 1.82) is 0 Å². The standard InChI is InChI=1S/C14H18ClNO6S/c1-7(17)22-5-8-6-23(20,21)13-9(15)12(19)16(13)10(8)11(18)14(2,3)4/h9,13H,5-6H2,1-4H3/t9-,13+/m0/s1. The molecule has 0 spiro atoms. The van der Waals surface area contributed by atoms with Crippen LogP contribution in [0, 0.1) is 5.41 Å². The van der Waals surface area contributed by atoms with Crippen LogP contribution in [0.25, 0.3) is 0 Å². The predicted molar refractivity (Wildman–Crippen MR) is 82.2 cm³/mol. The SMILES string of the molecule is CC(=O)OCC1=C(C(=O)C(C)(C)C)N2C(=O)[C@H](Cl)[C@H]2S(=O)(=O)C1. The number of hydrogen-bond acceptors (Lipinski definition) is 6. The number of sulfone groups is 1. The van der Waals surface area contributed by atoms with Crippen LogP contribution < -0.4 is 0 Å². The highest BCUT2D eigenvalue weighted by Gasteiger charge is 2.59. The first-order valence-electron chi connectivity index (χ1n) is 6.97. The smallest absolute Gasteiger partial charge is 0.302 e. The quantitative estimate of drug-likeness (QED) is 0.414. The van der Waals surface area contributed by atoms with E-state index in [0.29, 0.717) is 0 Å². The molecule has 0 saturated carbocycles. The van der Waals surface area contributed by atoms with Crippen molar-refractivity contribution >= 4 is 39.1 Å². The summed E-state index contributed by atoms with van der Waals surface area (Å²) in [6, 6.07) is 0. The van der Waals surface area contributed by atoms with Crippen LogP contribution in [0.15, 0.2) is 11.3 Å². The van der Waals surface area contributed by atoms with E-state index in [9.17, 15) is 22.8 Å². The van der Waals surface area contributed by atoms with E-state index in [1.165, 1.54) is 6.92 Å². The van der Waals surface area contributed by atoms with Crippen molar-refractivity contribution in [2.24, 2.45) is 5.41 Å². The molecule has 0 aromatic heterocycles. The fourth-order valence-electron chi connectivity index (χ4n) is 2.50. The van der Waals surface area contributed by atoms with Gasteiger partial charge in [-0.15, -0.1) is 11.6 Å². The van der Waals surface area contributed by atoms with Crippen LogP contribution in [0.5, 0.6) is 0 Å². The third-order valence-electron chi connectivity index (χ3n) is 3.64. The van der Waals surface area contributed by atoms with Crippen LogP contribution in [-0.2, 0) is 29.0 Å². The maximum atomic E-state index is 12.7. The minimum absolute atomic E-state index is 0.0134. The van der Waals surface area contributed by atoms with E-state index < -0.39 is 49.4 Å². The summed E-state index contributed by atoms with van der Waals surface area (Å²) in [5.74, 6) is -2.09.